The van der Waals surface area contributed by atoms with E-state index in [2.05, 4.69) is 35.8 Å². The zero-order valence-electron chi connectivity index (χ0n) is 18.6. The van der Waals surface area contributed by atoms with E-state index in [1.807, 2.05) is 39.8 Å². The van der Waals surface area contributed by atoms with E-state index in [0.29, 0.717) is 36.1 Å². The van der Waals surface area contributed by atoms with Gasteiger partial charge in [0.25, 0.3) is 5.91 Å². The summed E-state index contributed by atoms with van der Waals surface area (Å²) in [4.78, 5) is 12.8. The first-order valence-corrected chi connectivity index (χ1v) is 10.2. The van der Waals surface area contributed by atoms with Gasteiger partial charge in [-0.25, -0.2) is 10.1 Å². The monoisotopic (exact) mass is 442 g/mol. The molecule has 0 bridgehead atoms. The maximum Gasteiger partial charge on any atom is 0.293 e. The second-order valence-electron chi connectivity index (χ2n) is 7.02. The van der Waals surface area contributed by atoms with Crippen LogP contribution in [-0.4, -0.2) is 50.1 Å². The topological polar surface area (TPSA) is 156 Å². The molecule has 0 saturated heterocycles. The summed E-state index contributed by atoms with van der Waals surface area (Å²) in [5.74, 6) is 0.848. The van der Waals surface area contributed by atoms with Gasteiger partial charge in [-0.1, -0.05) is 19.1 Å². The lowest BCUT2D eigenvalue weighted by Crippen LogP contribution is -2.22. The molecule has 0 aliphatic rings. The Bertz CT molecular complexity index is 1120. The number of nitrogens with two attached hydrogens (primary N) is 1. The minimum atomic E-state index is -0.529. The van der Waals surface area contributed by atoms with Crippen molar-refractivity contribution < 1.29 is 18.9 Å². The van der Waals surface area contributed by atoms with Gasteiger partial charge in [-0.15, -0.1) is 5.10 Å². The average molecular weight is 442 g/mol. The Labute approximate surface area is 184 Å². The van der Waals surface area contributed by atoms with Crippen LogP contribution in [0.5, 0.6) is 11.5 Å². The standard InChI is InChI=1S/C20H26N8O4/c1-6-30-13-8-9-14(15(10-13)31-7-2)12(5)22-24-20(29)16-17(11(3)4)28(27-23-16)19-18(21)25-32-26-19/h8-11H,6-7H2,1-5H3,(H2,21,25)(H,24,29). The molecule has 2 aromatic heterocycles. The molecule has 32 heavy (non-hydrogen) atoms. The molecule has 1 amide bonds. The Morgan fingerprint density at radius 2 is 2.00 bits per heavy atom. The van der Waals surface area contributed by atoms with Gasteiger partial charge >= 0.3 is 0 Å². The van der Waals surface area contributed by atoms with Crippen LogP contribution < -0.4 is 20.6 Å². The van der Waals surface area contributed by atoms with Crippen LogP contribution in [0, 0.1) is 0 Å². The van der Waals surface area contributed by atoms with Crippen LogP contribution in [-0.2, 0) is 0 Å². The summed E-state index contributed by atoms with van der Waals surface area (Å²) in [5, 5.41) is 19.5. The van der Waals surface area contributed by atoms with Gasteiger partial charge in [-0.2, -0.15) is 9.78 Å². The Morgan fingerprint density at radius 1 is 1.25 bits per heavy atom. The average Bonchev–Trinajstić information content (AvgIpc) is 3.38. The maximum atomic E-state index is 12.8. The van der Waals surface area contributed by atoms with E-state index in [-0.39, 0.29) is 23.2 Å². The van der Waals surface area contributed by atoms with Gasteiger partial charge in [0.15, 0.2) is 5.69 Å². The van der Waals surface area contributed by atoms with Crippen LogP contribution in [0.15, 0.2) is 27.9 Å². The summed E-state index contributed by atoms with van der Waals surface area (Å²) in [5.41, 5.74) is 10.2. The third-order valence-electron chi connectivity index (χ3n) is 4.44. The molecule has 170 valence electrons. The molecule has 0 spiro atoms. The molecule has 3 aromatic rings. The minimum absolute atomic E-state index is 0.0385. The SMILES string of the molecule is CCOc1ccc(C(C)=NNC(=O)c2nnn(-c3nonc3N)c2C(C)C)c(OCC)c1. The lowest BCUT2D eigenvalue weighted by atomic mass is 10.1. The molecule has 0 saturated carbocycles. The molecule has 0 aliphatic carbocycles. The third kappa shape index (κ3) is 4.68. The number of hydrogen-bond acceptors (Lipinski definition) is 10. The van der Waals surface area contributed by atoms with Crippen molar-refractivity contribution in [3.8, 4) is 17.3 Å². The summed E-state index contributed by atoms with van der Waals surface area (Å²) in [6.07, 6.45) is 0. The van der Waals surface area contributed by atoms with E-state index in [1.165, 1.54) is 4.68 Å². The van der Waals surface area contributed by atoms with E-state index in [1.54, 1.807) is 13.0 Å². The van der Waals surface area contributed by atoms with Crippen LogP contribution in [0.2, 0.25) is 0 Å². The number of nitrogens with one attached hydrogen (secondary N) is 1. The molecule has 0 atom stereocenters. The first-order valence-electron chi connectivity index (χ1n) is 10.2. The summed E-state index contributed by atoms with van der Waals surface area (Å²) >= 11 is 0. The smallest absolute Gasteiger partial charge is 0.293 e. The molecule has 2 heterocycles. The van der Waals surface area contributed by atoms with Crippen molar-refractivity contribution in [3.63, 3.8) is 0 Å². The Morgan fingerprint density at radius 3 is 2.62 bits per heavy atom. The number of benzene rings is 1. The van der Waals surface area contributed by atoms with Gasteiger partial charge < -0.3 is 15.2 Å². The van der Waals surface area contributed by atoms with Gasteiger partial charge in [0.05, 0.1) is 24.6 Å². The lowest BCUT2D eigenvalue weighted by molar-refractivity contribution is 0.0948. The number of hydrogen-bond donors (Lipinski definition) is 2. The highest BCUT2D eigenvalue weighted by Crippen LogP contribution is 2.26. The molecule has 3 N–H and O–H groups in total. The molecule has 12 heteroatoms. The van der Waals surface area contributed by atoms with Gasteiger partial charge in [-0.05, 0) is 49.1 Å². The second kappa shape index (κ2) is 9.90. The minimum Gasteiger partial charge on any atom is -0.494 e. The Balaban J connectivity index is 1.87. The number of aromatic nitrogens is 5. The quantitative estimate of drug-likeness (QED) is 0.375. The van der Waals surface area contributed by atoms with Crippen molar-refractivity contribution in [2.24, 2.45) is 5.10 Å². The fourth-order valence-corrected chi connectivity index (χ4v) is 3.04. The van der Waals surface area contributed by atoms with Gasteiger partial charge in [0.2, 0.25) is 11.6 Å². The lowest BCUT2D eigenvalue weighted by Gasteiger charge is -2.12. The molecule has 12 nitrogen and oxygen atoms in total. The number of nitrogens with zero attached hydrogens (tertiary/aromatic N) is 6. The molecule has 0 unspecified atom stereocenters. The van der Waals surface area contributed by atoms with Gasteiger partial charge in [0.1, 0.15) is 11.5 Å². The summed E-state index contributed by atoms with van der Waals surface area (Å²) < 4.78 is 17.2. The van der Waals surface area contributed by atoms with E-state index in [4.69, 9.17) is 15.2 Å². The van der Waals surface area contributed by atoms with E-state index in [0.717, 1.165) is 5.56 Å². The van der Waals surface area contributed by atoms with Crippen LogP contribution in [0.3, 0.4) is 0 Å². The number of nitrogen functional groups attached to an aromatic ring is 1. The number of amides is 1. The number of hydrazone groups is 1. The zero-order valence-corrected chi connectivity index (χ0v) is 18.6. The number of anilines is 1. The largest absolute Gasteiger partial charge is 0.494 e. The highest BCUT2D eigenvalue weighted by molar-refractivity contribution is 6.02. The molecular formula is C20H26N8O4. The van der Waals surface area contributed by atoms with Crippen LogP contribution in [0.1, 0.15) is 62.3 Å². The van der Waals surface area contributed by atoms with Crippen LogP contribution in [0.25, 0.3) is 5.82 Å². The van der Waals surface area contributed by atoms with E-state index < -0.39 is 5.91 Å². The predicted molar refractivity (Wildman–Crippen MR) is 116 cm³/mol. The highest BCUT2D eigenvalue weighted by Gasteiger charge is 2.25. The van der Waals surface area contributed by atoms with E-state index >= 15 is 0 Å². The summed E-state index contributed by atoms with van der Waals surface area (Å²) in [6, 6.07) is 5.44. The fourth-order valence-electron chi connectivity index (χ4n) is 3.04. The predicted octanol–water partition coefficient (Wildman–Crippen LogP) is 2.31. The second-order valence-corrected chi connectivity index (χ2v) is 7.02. The fraction of sp³-hybridized carbons (Fsp3) is 0.400. The molecule has 1 aromatic carbocycles. The maximum absolute atomic E-state index is 12.8. The highest BCUT2D eigenvalue weighted by atomic mass is 16.6. The first-order chi connectivity index (χ1) is 15.4. The third-order valence-corrected chi connectivity index (χ3v) is 4.44. The van der Waals surface area contributed by atoms with Crippen LogP contribution in [0.4, 0.5) is 5.82 Å². The van der Waals surface area contributed by atoms with E-state index in [9.17, 15) is 4.79 Å². The summed E-state index contributed by atoms with van der Waals surface area (Å²) in [7, 11) is 0. The Hall–Kier alpha value is -3.96. The normalized spacial score (nSPS) is 11.6. The molecule has 0 fully saturated rings. The van der Waals surface area contributed by atoms with Crippen molar-refractivity contribution in [1.29, 1.82) is 0 Å². The Kier molecular flexibility index (Phi) is 7.03. The summed E-state index contributed by atoms with van der Waals surface area (Å²) in [6.45, 7) is 10.4. The van der Waals surface area contributed by atoms with Crippen molar-refractivity contribution in [3.05, 3.63) is 35.2 Å². The van der Waals surface area contributed by atoms with Crippen molar-refractivity contribution in [2.75, 3.05) is 18.9 Å². The molecule has 0 radical (unpaired) electrons. The zero-order chi connectivity index (χ0) is 23.3. The molecule has 0 aliphatic heterocycles. The molecular weight excluding hydrogens is 416 g/mol. The van der Waals surface area contributed by atoms with Crippen molar-refractivity contribution in [2.45, 2.75) is 40.5 Å². The van der Waals surface area contributed by atoms with Gasteiger partial charge in [-0.3, -0.25) is 4.79 Å². The number of rotatable bonds is 9. The van der Waals surface area contributed by atoms with Crippen LogP contribution >= 0.6 is 0 Å². The first kappa shape index (κ1) is 22.7. The van der Waals surface area contributed by atoms with Gasteiger partial charge in [0, 0.05) is 11.6 Å². The number of carbonyl (C=O) groups is 1. The number of carbonyl (C=O) groups excluding carboxylic acids is 1. The van der Waals surface area contributed by atoms with Crippen molar-refractivity contribution >= 4 is 17.4 Å². The van der Waals surface area contributed by atoms with Crippen molar-refractivity contribution in [1.82, 2.24) is 30.7 Å². The molecule has 3 rings (SSSR count). The number of ether oxygens (including phenoxy) is 2.